The van der Waals surface area contributed by atoms with E-state index in [-0.39, 0.29) is 17.1 Å². The van der Waals surface area contributed by atoms with Gasteiger partial charge in [0.2, 0.25) is 15.9 Å². The summed E-state index contributed by atoms with van der Waals surface area (Å²) < 4.78 is 30.5. The van der Waals surface area contributed by atoms with Crippen LogP contribution in [0.4, 0.5) is 11.4 Å². The predicted molar refractivity (Wildman–Crippen MR) is 122 cm³/mol. The Kier molecular flexibility index (Phi) is 9.13. The molecule has 0 aliphatic heterocycles. The smallest absolute Gasteiger partial charge is 0.271 e. The Bertz CT molecular complexity index is 999. The SMILES string of the molecule is COc1ccc([N+](=O)[O-])cc1N(CC(=O)NCCCSCc1ccccc1)S(C)(=O)=O. The minimum atomic E-state index is -3.89. The Morgan fingerprint density at radius 1 is 1.23 bits per heavy atom. The lowest BCUT2D eigenvalue weighted by Crippen LogP contribution is -2.40. The number of carbonyl (C=O) groups is 1. The van der Waals surface area contributed by atoms with Gasteiger partial charge in [-0.2, -0.15) is 11.8 Å². The molecule has 1 N–H and O–H groups in total. The van der Waals surface area contributed by atoms with Crippen molar-refractivity contribution >= 4 is 39.1 Å². The largest absolute Gasteiger partial charge is 0.495 e. The molecule has 0 aromatic heterocycles. The fourth-order valence-electron chi connectivity index (χ4n) is 2.72. The molecule has 0 bridgehead atoms. The summed E-state index contributed by atoms with van der Waals surface area (Å²) in [5, 5.41) is 13.8. The third-order valence-corrected chi connectivity index (χ3v) is 6.47. The molecule has 2 aromatic carbocycles. The van der Waals surface area contributed by atoms with Gasteiger partial charge in [-0.05, 0) is 23.8 Å². The molecule has 1 amide bonds. The number of benzene rings is 2. The second kappa shape index (κ2) is 11.6. The summed E-state index contributed by atoms with van der Waals surface area (Å²) in [6, 6.07) is 13.6. The highest BCUT2D eigenvalue weighted by atomic mass is 32.2. The maximum atomic E-state index is 12.3. The van der Waals surface area contributed by atoms with Crippen LogP contribution >= 0.6 is 11.8 Å². The second-order valence-corrected chi connectivity index (χ2v) is 9.64. The fourth-order valence-corrected chi connectivity index (χ4v) is 4.49. The quantitative estimate of drug-likeness (QED) is 0.290. The molecule has 9 nitrogen and oxygen atoms in total. The summed E-state index contributed by atoms with van der Waals surface area (Å²) in [5.41, 5.74) is 0.860. The van der Waals surface area contributed by atoms with Crippen molar-refractivity contribution in [2.24, 2.45) is 0 Å². The number of anilines is 1. The van der Waals surface area contributed by atoms with Gasteiger partial charge in [-0.15, -0.1) is 0 Å². The van der Waals surface area contributed by atoms with E-state index in [4.69, 9.17) is 4.74 Å². The molecule has 2 rings (SSSR count). The van der Waals surface area contributed by atoms with Crippen LogP contribution in [-0.4, -0.2) is 51.5 Å². The monoisotopic (exact) mass is 467 g/mol. The van der Waals surface area contributed by atoms with E-state index < -0.39 is 27.4 Å². The molecular formula is C20H25N3O6S2. The number of amides is 1. The number of hydrogen-bond acceptors (Lipinski definition) is 7. The first-order valence-corrected chi connectivity index (χ1v) is 12.4. The van der Waals surface area contributed by atoms with Crippen molar-refractivity contribution in [3.05, 3.63) is 64.2 Å². The van der Waals surface area contributed by atoms with E-state index >= 15 is 0 Å². The van der Waals surface area contributed by atoms with E-state index in [0.29, 0.717) is 6.54 Å². The first kappa shape index (κ1) is 24.5. The Balaban J connectivity index is 1.93. The molecule has 168 valence electrons. The highest BCUT2D eigenvalue weighted by Gasteiger charge is 2.26. The number of nitro benzene ring substituents is 1. The van der Waals surface area contributed by atoms with Crippen molar-refractivity contribution in [2.75, 3.05) is 36.5 Å². The van der Waals surface area contributed by atoms with E-state index in [9.17, 15) is 23.3 Å². The van der Waals surface area contributed by atoms with Crippen LogP contribution in [0.3, 0.4) is 0 Å². The van der Waals surface area contributed by atoms with Crippen LogP contribution in [0.2, 0.25) is 0 Å². The predicted octanol–water partition coefficient (Wildman–Crippen LogP) is 2.81. The normalized spacial score (nSPS) is 11.0. The number of sulfonamides is 1. The van der Waals surface area contributed by atoms with Gasteiger partial charge in [0.05, 0.1) is 18.3 Å². The van der Waals surface area contributed by atoms with Crippen molar-refractivity contribution in [3.63, 3.8) is 0 Å². The van der Waals surface area contributed by atoms with E-state index in [1.54, 1.807) is 11.8 Å². The number of hydrogen-bond donors (Lipinski definition) is 1. The molecule has 0 saturated heterocycles. The summed E-state index contributed by atoms with van der Waals surface area (Å²) >= 11 is 1.74. The summed E-state index contributed by atoms with van der Waals surface area (Å²) in [6.07, 6.45) is 1.65. The molecule has 2 aromatic rings. The van der Waals surface area contributed by atoms with Crippen molar-refractivity contribution in [1.29, 1.82) is 0 Å². The molecule has 0 unspecified atom stereocenters. The van der Waals surface area contributed by atoms with E-state index in [1.165, 1.54) is 24.8 Å². The van der Waals surface area contributed by atoms with Crippen LogP contribution < -0.4 is 14.4 Å². The zero-order chi connectivity index (χ0) is 22.9. The minimum absolute atomic E-state index is 0.0623. The number of nitrogens with zero attached hydrogens (tertiary/aromatic N) is 2. The Morgan fingerprint density at radius 2 is 1.94 bits per heavy atom. The van der Waals surface area contributed by atoms with E-state index in [2.05, 4.69) is 17.4 Å². The number of ether oxygens (including phenoxy) is 1. The minimum Gasteiger partial charge on any atom is -0.495 e. The van der Waals surface area contributed by atoms with Gasteiger partial charge in [-0.1, -0.05) is 30.3 Å². The van der Waals surface area contributed by atoms with Gasteiger partial charge in [0.15, 0.2) is 0 Å². The van der Waals surface area contributed by atoms with Crippen LogP contribution in [0.25, 0.3) is 0 Å². The maximum Gasteiger partial charge on any atom is 0.271 e. The number of thioether (sulfide) groups is 1. The number of nitrogens with one attached hydrogen (secondary N) is 1. The molecule has 0 fully saturated rings. The van der Waals surface area contributed by atoms with Gasteiger partial charge in [0.1, 0.15) is 18.0 Å². The zero-order valence-electron chi connectivity index (χ0n) is 17.3. The second-order valence-electron chi connectivity index (χ2n) is 6.62. The van der Waals surface area contributed by atoms with Crippen LogP contribution in [-0.2, 0) is 20.6 Å². The number of nitro groups is 1. The molecule has 0 aliphatic carbocycles. The number of carbonyl (C=O) groups excluding carboxylic acids is 1. The number of rotatable bonds is 12. The molecule has 11 heteroatoms. The molecule has 0 atom stereocenters. The van der Waals surface area contributed by atoms with Gasteiger partial charge in [0, 0.05) is 24.4 Å². The van der Waals surface area contributed by atoms with Gasteiger partial charge >= 0.3 is 0 Å². The molecule has 0 spiro atoms. The topological polar surface area (TPSA) is 119 Å². The van der Waals surface area contributed by atoms with Crippen molar-refractivity contribution in [3.8, 4) is 5.75 Å². The average molecular weight is 468 g/mol. The third kappa shape index (κ3) is 7.76. The summed E-state index contributed by atoms with van der Waals surface area (Å²) in [5.74, 6) is 1.32. The van der Waals surface area contributed by atoms with Crippen LogP contribution in [0.1, 0.15) is 12.0 Å². The lowest BCUT2D eigenvalue weighted by atomic mass is 10.2. The maximum absolute atomic E-state index is 12.3. The molecule has 0 heterocycles. The Morgan fingerprint density at radius 3 is 2.55 bits per heavy atom. The van der Waals surface area contributed by atoms with Crippen LogP contribution in [0, 0.1) is 10.1 Å². The summed E-state index contributed by atoms with van der Waals surface area (Å²) in [7, 11) is -2.57. The Labute approximate surface area is 186 Å². The molecule has 0 aliphatic rings. The first-order chi connectivity index (χ1) is 14.7. The molecular weight excluding hydrogens is 442 g/mol. The fraction of sp³-hybridized carbons (Fsp3) is 0.350. The van der Waals surface area contributed by atoms with Crippen molar-refractivity contribution < 1.29 is 22.9 Å². The molecule has 0 saturated carbocycles. The van der Waals surface area contributed by atoms with Gasteiger partial charge < -0.3 is 10.1 Å². The average Bonchev–Trinajstić information content (AvgIpc) is 2.74. The van der Waals surface area contributed by atoms with Crippen molar-refractivity contribution in [2.45, 2.75) is 12.2 Å². The van der Waals surface area contributed by atoms with Crippen molar-refractivity contribution in [1.82, 2.24) is 5.32 Å². The van der Waals surface area contributed by atoms with Crippen LogP contribution in [0.15, 0.2) is 48.5 Å². The summed E-state index contributed by atoms with van der Waals surface area (Å²) in [6.45, 7) is -0.113. The van der Waals surface area contributed by atoms with E-state index in [0.717, 1.165) is 34.6 Å². The van der Waals surface area contributed by atoms with Crippen LogP contribution in [0.5, 0.6) is 5.75 Å². The standard InChI is InChI=1S/C20H25N3O6S2/c1-29-19-10-9-17(23(25)26)13-18(19)22(31(2,27)28)14-20(24)21-11-6-12-30-15-16-7-4-3-5-8-16/h3-5,7-10,13H,6,11-12,14-15H2,1-2H3,(H,21,24). The van der Waals surface area contributed by atoms with Gasteiger partial charge in [-0.25, -0.2) is 8.42 Å². The lowest BCUT2D eigenvalue weighted by molar-refractivity contribution is -0.384. The molecule has 31 heavy (non-hydrogen) atoms. The highest BCUT2D eigenvalue weighted by molar-refractivity contribution is 7.98. The Hall–Kier alpha value is -2.79. The zero-order valence-corrected chi connectivity index (χ0v) is 18.9. The van der Waals surface area contributed by atoms with Gasteiger partial charge in [0.25, 0.3) is 5.69 Å². The number of non-ortho nitro benzene ring substituents is 1. The first-order valence-electron chi connectivity index (χ1n) is 9.41. The van der Waals surface area contributed by atoms with E-state index in [1.807, 2.05) is 18.2 Å². The summed E-state index contributed by atoms with van der Waals surface area (Å²) in [4.78, 5) is 22.8. The third-order valence-electron chi connectivity index (χ3n) is 4.23. The highest BCUT2D eigenvalue weighted by Crippen LogP contribution is 2.33. The lowest BCUT2D eigenvalue weighted by Gasteiger charge is -2.23. The van der Waals surface area contributed by atoms with Gasteiger partial charge in [-0.3, -0.25) is 19.2 Å². The molecule has 0 radical (unpaired) electrons. The number of methoxy groups -OCH3 is 1.